The number of benzene rings is 4. The van der Waals surface area contributed by atoms with E-state index < -0.39 is 0 Å². The molecule has 8 rings (SSSR count). The standard InChI is InChI=1S/C26H33NO3.C16H23NO2.C10H11BrO/c1-3-5-26(28)19(2)20-8-12-23(13-9-20)30-25-16-17-27(18-25)21-10-14-24(15-11-21)29-22-6-4-7-22;1-3-4-16(18)12(2)13-5-7-14(8-6-13)19-15-9-10-17-11-15;11-8-4-6-10(7-5-8)12-9-2-1-3-9/h8-15,19,22,25H,3-7,16-18H2,1-2H3;5-8,12,15,17H,3-4,9-11H2,1-2H3;4-7,9H,1-3H2/t19?,25-;12?,15-;/m11./s1. The topological polar surface area (TPSA) is 86.3 Å². The smallest absolute Gasteiger partial charge is 0.140 e. The molecule has 8 nitrogen and oxygen atoms in total. The van der Waals surface area contributed by atoms with Crippen LogP contribution in [-0.4, -0.2) is 62.2 Å². The zero-order valence-corrected chi connectivity index (χ0v) is 38.4. The van der Waals surface area contributed by atoms with Crippen molar-refractivity contribution in [3.63, 3.8) is 0 Å². The van der Waals surface area contributed by atoms with Crippen molar-refractivity contribution >= 4 is 33.2 Å². The summed E-state index contributed by atoms with van der Waals surface area (Å²) in [6, 6.07) is 32.5. The molecule has 2 saturated heterocycles. The number of nitrogens with one attached hydrogen (secondary N) is 1. The maximum Gasteiger partial charge on any atom is 0.140 e. The Balaban J connectivity index is 0.000000170. The fourth-order valence-electron chi connectivity index (χ4n) is 7.75. The van der Waals surface area contributed by atoms with Crippen molar-refractivity contribution in [2.24, 2.45) is 0 Å². The highest BCUT2D eigenvalue weighted by Gasteiger charge is 2.25. The second-order valence-corrected chi connectivity index (χ2v) is 17.9. The van der Waals surface area contributed by atoms with Crippen molar-refractivity contribution in [1.82, 2.24) is 5.32 Å². The fraction of sp³-hybridized carbons (Fsp3) is 0.500. The summed E-state index contributed by atoms with van der Waals surface area (Å²) in [5.74, 6) is 4.31. The zero-order valence-electron chi connectivity index (χ0n) is 36.8. The first kappa shape index (κ1) is 46.2. The Morgan fingerprint density at radius 2 is 1.02 bits per heavy atom. The van der Waals surface area contributed by atoms with Crippen LogP contribution in [0.15, 0.2) is 102 Å². The van der Waals surface area contributed by atoms with E-state index in [1.807, 2.05) is 100 Å². The summed E-state index contributed by atoms with van der Waals surface area (Å²) in [6.07, 6.45) is 14.0. The summed E-state index contributed by atoms with van der Waals surface area (Å²) >= 11 is 3.39. The average molecular weight is 896 g/mol. The Kier molecular flexibility index (Phi) is 18.0. The van der Waals surface area contributed by atoms with E-state index in [4.69, 9.17) is 18.9 Å². The predicted molar refractivity (Wildman–Crippen MR) is 250 cm³/mol. The van der Waals surface area contributed by atoms with Crippen molar-refractivity contribution in [3.8, 4) is 23.0 Å². The van der Waals surface area contributed by atoms with Crippen molar-refractivity contribution in [3.05, 3.63) is 113 Å². The third-order valence-electron chi connectivity index (χ3n) is 12.2. The Bertz CT molecular complexity index is 1910. The molecule has 2 heterocycles. The van der Waals surface area contributed by atoms with E-state index in [9.17, 15) is 9.59 Å². The summed E-state index contributed by atoms with van der Waals surface area (Å²) < 4.78 is 24.8. The molecule has 0 amide bonds. The molecule has 4 fully saturated rings. The van der Waals surface area contributed by atoms with Crippen LogP contribution in [0.5, 0.6) is 23.0 Å². The molecule has 4 aromatic carbocycles. The molecule has 2 aliphatic heterocycles. The first-order valence-corrected chi connectivity index (χ1v) is 23.7. The molecule has 328 valence electrons. The van der Waals surface area contributed by atoms with Gasteiger partial charge in [0.2, 0.25) is 0 Å². The Labute approximate surface area is 373 Å². The van der Waals surface area contributed by atoms with Gasteiger partial charge in [0.1, 0.15) is 46.8 Å². The van der Waals surface area contributed by atoms with Crippen molar-refractivity contribution in [1.29, 1.82) is 0 Å². The lowest BCUT2D eigenvalue weighted by atomic mass is 9.94. The van der Waals surface area contributed by atoms with E-state index in [2.05, 4.69) is 50.4 Å². The predicted octanol–water partition coefficient (Wildman–Crippen LogP) is 12.0. The van der Waals surface area contributed by atoms with Gasteiger partial charge in [-0.1, -0.05) is 67.9 Å². The van der Waals surface area contributed by atoms with E-state index >= 15 is 0 Å². The average Bonchev–Trinajstić information content (AvgIpc) is 3.95. The third-order valence-corrected chi connectivity index (χ3v) is 12.7. The zero-order chi connectivity index (χ0) is 43.0. The number of hydrogen-bond acceptors (Lipinski definition) is 8. The monoisotopic (exact) mass is 894 g/mol. The van der Waals surface area contributed by atoms with Crippen LogP contribution in [0.25, 0.3) is 0 Å². The second-order valence-electron chi connectivity index (χ2n) is 17.0. The number of nitrogens with zero attached hydrogens (tertiary/aromatic N) is 1. The van der Waals surface area contributed by atoms with Gasteiger partial charge in [0.05, 0.1) is 18.8 Å². The quantitative estimate of drug-likeness (QED) is 0.112. The van der Waals surface area contributed by atoms with Crippen molar-refractivity contribution in [2.75, 3.05) is 31.1 Å². The Morgan fingerprint density at radius 1 is 0.590 bits per heavy atom. The molecular formula is C52H67BrN2O6. The van der Waals surface area contributed by atoms with Gasteiger partial charge in [0, 0.05) is 54.3 Å². The van der Waals surface area contributed by atoms with Gasteiger partial charge >= 0.3 is 0 Å². The largest absolute Gasteiger partial charge is 0.490 e. The number of carbonyl (C=O) groups is 2. The minimum Gasteiger partial charge on any atom is -0.490 e. The van der Waals surface area contributed by atoms with Crippen LogP contribution >= 0.6 is 15.9 Å². The lowest BCUT2D eigenvalue weighted by Gasteiger charge is -2.26. The van der Waals surface area contributed by atoms with Crippen LogP contribution in [0.2, 0.25) is 0 Å². The van der Waals surface area contributed by atoms with E-state index in [-0.39, 0.29) is 24.0 Å². The van der Waals surface area contributed by atoms with Gasteiger partial charge in [0.25, 0.3) is 0 Å². The maximum atomic E-state index is 12.1. The number of rotatable bonds is 17. The highest BCUT2D eigenvalue weighted by molar-refractivity contribution is 9.10. The molecule has 0 aromatic heterocycles. The van der Waals surface area contributed by atoms with Gasteiger partial charge in [-0.15, -0.1) is 0 Å². The Hall–Kier alpha value is -4.34. The molecule has 0 bridgehead atoms. The molecule has 0 radical (unpaired) electrons. The molecule has 4 aromatic rings. The van der Waals surface area contributed by atoms with E-state index in [1.54, 1.807) is 0 Å². The summed E-state index contributed by atoms with van der Waals surface area (Å²) in [4.78, 5) is 26.4. The van der Waals surface area contributed by atoms with Gasteiger partial charge in [0.15, 0.2) is 0 Å². The SMILES string of the molecule is Brc1ccc(OC2CCC2)cc1.CCCC(=O)C(C)c1ccc(O[C@@H]2CCN(c3ccc(OC4CCC4)cc3)C2)cc1.CCCC(=O)C(C)c1ccc(O[C@@H]2CCNC2)cc1. The molecule has 2 unspecified atom stereocenters. The van der Waals surface area contributed by atoms with Gasteiger partial charge in [-0.25, -0.2) is 0 Å². The molecule has 2 saturated carbocycles. The van der Waals surface area contributed by atoms with Gasteiger partial charge < -0.3 is 29.2 Å². The first-order valence-electron chi connectivity index (χ1n) is 22.9. The molecule has 0 spiro atoms. The maximum absolute atomic E-state index is 12.1. The number of anilines is 1. The Morgan fingerprint density at radius 3 is 1.43 bits per heavy atom. The van der Waals surface area contributed by atoms with E-state index in [0.29, 0.717) is 36.6 Å². The number of hydrogen-bond donors (Lipinski definition) is 1. The normalized spacial score (nSPS) is 19.5. The molecule has 4 aliphatic rings. The van der Waals surface area contributed by atoms with Crippen LogP contribution in [0.4, 0.5) is 5.69 Å². The molecule has 1 N–H and O–H groups in total. The van der Waals surface area contributed by atoms with Crippen LogP contribution in [-0.2, 0) is 9.59 Å². The molecule has 2 aliphatic carbocycles. The summed E-state index contributed by atoms with van der Waals surface area (Å²) in [5, 5.41) is 3.28. The number of Topliss-reactive ketones (excluding diaryl/α,β-unsaturated/α-hetero) is 2. The minimum absolute atomic E-state index is 0.0119. The van der Waals surface area contributed by atoms with E-state index in [1.165, 1.54) is 44.2 Å². The first-order chi connectivity index (χ1) is 29.7. The molecule has 61 heavy (non-hydrogen) atoms. The van der Waals surface area contributed by atoms with Crippen LogP contribution in [0.3, 0.4) is 0 Å². The van der Waals surface area contributed by atoms with Crippen LogP contribution in [0.1, 0.15) is 128 Å². The molecular weight excluding hydrogens is 828 g/mol. The molecule has 4 atom stereocenters. The summed E-state index contributed by atoms with van der Waals surface area (Å²) in [6.45, 7) is 11.9. The summed E-state index contributed by atoms with van der Waals surface area (Å²) in [7, 11) is 0. The highest BCUT2D eigenvalue weighted by atomic mass is 79.9. The van der Waals surface area contributed by atoms with E-state index in [0.717, 1.165) is 90.5 Å². The minimum atomic E-state index is -0.0442. The van der Waals surface area contributed by atoms with Gasteiger partial charge in [-0.05, 0) is 148 Å². The van der Waals surface area contributed by atoms with Crippen LogP contribution < -0.4 is 29.2 Å². The third kappa shape index (κ3) is 14.4. The fourth-order valence-corrected chi connectivity index (χ4v) is 8.02. The highest BCUT2D eigenvalue weighted by Crippen LogP contribution is 2.30. The molecule has 9 heteroatoms. The lowest BCUT2D eigenvalue weighted by molar-refractivity contribution is -0.121. The van der Waals surface area contributed by atoms with Crippen molar-refractivity contribution < 1.29 is 28.5 Å². The number of carbonyl (C=O) groups excluding carboxylic acids is 2. The van der Waals surface area contributed by atoms with Crippen LogP contribution in [0, 0.1) is 0 Å². The number of ketones is 2. The van der Waals surface area contributed by atoms with Gasteiger partial charge in [-0.3, -0.25) is 9.59 Å². The second kappa shape index (κ2) is 23.8. The van der Waals surface area contributed by atoms with Gasteiger partial charge in [-0.2, -0.15) is 0 Å². The number of ether oxygens (including phenoxy) is 4. The summed E-state index contributed by atoms with van der Waals surface area (Å²) in [5.41, 5.74) is 3.37. The lowest BCUT2D eigenvalue weighted by Crippen LogP contribution is -2.25. The van der Waals surface area contributed by atoms with Crippen molar-refractivity contribution in [2.45, 2.75) is 141 Å². The number of halogens is 1.